The normalized spacial score (nSPS) is 14.0. The number of H-pyrrole nitrogens is 1. The lowest BCUT2D eigenvalue weighted by molar-refractivity contribution is -0.137. The highest BCUT2D eigenvalue weighted by Gasteiger charge is 2.31. The van der Waals surface area contributed by atoms with E-state index in [4.69, 9.17) is 11.6 Å². The molecule has 0 amide bonds. The number of carbonyl (C=O) groups is 1. The van der Waals surface area contributed by atoms with Crippen LogP contribution in [0.1, 0.15) is 38.2 Å². The lowest BCUT2D eigenvalue weighted by Gasteiger charge is -2.21. The Morgan fingerprint density at radius 1 is 1.19 bits per heavy atom. The molecule has 2 aromatic carbocycles. The lowest BCUT2D eigenvalue weighted by atomic mass is 9.98. The molecule has 0 radical (unpaired) electrons. The number of phenolic OH excluding ortho intramolecular Hbond substituents is 1. The van der Waals surface area contributed by atoms with E-state index in [9.17, 15) is 27.9 Å². The van der Waals surface area contributed by atoms with E-state index in [1.54, 1.807) is 0 Å². The monoisotopic (exact) mass is 552 g/mol. The van der Waals surface area contributed by atoms with Crippen LogP contribution in [-0.4, -0.2) is 46.2 Å². The molecule has 1 fully saturated rings. The van der Waals surface area contributed by atoms with E-state index in [1.165, 1.54) is 37.1 Å². The first-order valence-electron chi connectivity index (χ1n) is 12.2. The van der Waals surface area contributed by atoms with E-state index >= 15 is 0 Å². The van der Waals surface area contributed by atoms with Crippen molar-refractivity contribution in [3.63, 3.8) is 0 Å². The summed E-state index contributed by atoms with van der Waals surface area (Å²) in [4.78, 5) is 30.8. The summed E-state index contributed by atoms with van der Waals surface area (Å²) in [5.41, 5.74) is -1.03. The minimum absolute atomic E-state index is 0.0226. The maximum absolute atomic E-state index is 13.5. The van der Waals surface area contributed by atoms with Gasteiger partial charge in [0.15, 0.2) is 0 Å². The second-order valence-electron chi connectivity index (χ2n) is 9.40. The van der Waals surface area contributed by atoms with E-state index in [0.717, 1.165) is 43.4 Å². The first kappa shape index (κ1) is 27.5. The standard InChI is InChI=1S/C27H28ClF3N2O3S/c1-2-10-33(14-16-3-4-16)11-9-19(34)15-37-25-24(21-13-18(28)6-8-23(21)35)20-12-17(27(29,30)31)5-7-22(20)32-26(25)36/h5-8,12-13,16,35H,2-4,9-11,14-15H2,1H3,(H,32,36). The van der Waals surface area contributed by atoms with Gasteiger partial charge in [0.2, 0.25) is 0 Å². The molecular weight excluding hydrogens is 525 g/mol. The number of benzene rings is 2. The van der Waals surface area contributed by atoms with E-state index in [0.29, 0.717) is 18.9 Å². The first-order chi connectivity index (χ1) is 17.6. The molecule has 0 spiro atoms. The third-order valence-corrected chi connectivity index (χ3v) is 7.74. The van der Waals surface area contributed by atoms with Gasteiger partial charge in [0, 0.05) is 46.6 Å². The van der Waals surface area contributed by atoms with Crippen molar-refractivity contribution in [2.24, 2.45) is 5.92 Å². The van der Waals surface area contributed by atoms with Crippen molar-refractivity contribution >= 4 is 40.0 Å². The van der Waals surface area contributed by atoms with Crippen molar-refractivity contribution in [2.45, 2.75) is 43.7 Å². The predicted molar refractivity (Wildman–Crippen MR) is 141 cm³/mol. The van der Waals surface area contributed by atoms with Crippen molar-refractivity contribution in [2.75, 3.05) is 25.4 Å². The summed E-state index contributed by atoms with van der Waals surface area (Å²) in [5.74, 6) is 0.385. The molecule has 0 aliphatic heterocycles. The predicted octanol–water partition coefficient (Wildman–Crippen LogP) is 6.75. The zero-order chi connectivity index (χ0) is 26.7. The van der Waals surface area contributed by atoms with Crippen LogP contribution in [-0.2, 0) is 11.0 Å². The average molecular weight is 553 g/mol. The maximum atomic E-state index is 13.5. The quantitative estimate of drug-likeness (QED) is 0.258. The number of rotatable bonds is 11. The molecule has 10 heteroatoms. The highest BCUT2D eigenvalue weighted by molar-refractivity contribution is 8.00. The number of fused-ring (bicyclic) bond motifs is 1. The Hall–Kier alpha value is -2.49. The van der Waals surface area contributed by atoms with Crippen LogP contribution in [0.2, 0.25) is 5.02 Å². The zero-order valence-corrected chi connectivity index (χ0v) is 21.9. The molecule has 2 N–H and O–H groups in total. The molecule has 0 bridgehead atoms. The first-order valence-corrected chi connectivity index (χ1v) is 13.6. The summed E-state index contributed by atoms with van der Waals surface area (Å²) in [6, 6.07) is 7.18. The molecule has 3 aromatic rings. The number of thioether (sulfide) groups is 1. The number of aromatic hydroxyl groups is 1. The molecule has 1 saturated carbocycles. The molecule has 1 aliphatic rings. The van der Waals surface area contributed by atoms with Gasteiger partial charge >= 0.3 is 6.18 Å². The molecule has 5 nitrogen and oxygen atoms in total. The largest absolute Gasteiger partial charge is 0.507 e. The van der Waals surface area contributed by atoms with Gasteiger partial charge < -0.3 is 15.0 Å². The summed E-state index contributed by atoms with van der Waals surface area (Å²) < 4.78 is 40.6. The molecule has 4 rings (SSSR count). The van der Waals surface area contributed by atoms with Gasteiger partial charge in [-0.3, -0.25) is 9.59 Å². The molecule has 0 atom stereocenters. The van der Waals surface area contributed by atoms with E-state index in [2.05, 4.69) is 16.8 Å². The highest BCUT2D eigenvalue weighted by atomic mass is 35.5. The van der Waals surface area contributed by atoms with Crippen LogP contribution in [0.25, 0.3) is 22.0 Å². The van der Waals surface area contributed by atoms with Crippen LogP contribution in [0.4, 0.5) is 13.2 Å². The number of Topliss-reactive ketones (excluding diaryl/α,β-unsaturated/α-hetero) is 1. The Balaban J connectivity index is 1.67. The minimum atomic E-state index is -4.61. The molecule has 0 saturated heterocycles. The van der Waals surface area contributed by atoms with Crippen molar-refractivity contribution in [1.29, 1.82) is 0 Å². The fraction of sp³-hybridized carbons (Fsp3) is 0.407. The summed E-state index contributed by atoms with van der Waals surface area (Å²) in [5, 5.41) is 10.9. The molecule has 1 aromatic heterocycles. The zero-order valence-electron chi connectivity index (χ0n) is 20.3. The van der Waals surface area contributed by atoms with Crippen LogP contribution in [0, 0.1) is 5.92 Å². The van der Waals surface area contributed by atoms with Gasteiger partial charge in [-0.15, -0.1) is 11.8 Å². The van der Waals surface area contributed by atoms with Crippen LogP contribution in [0.15, 0.2) is 46.1 Å². The smallest absolute Gasteiger partial charge is 0.416 e. The van der Waals surface area contributed by atoms with Gasteiger partial charge in [0.05, 0.1) is 16.2 Å². The number of nitrogens with zero attached hydrogens (tertiary/aromatic N) is 1. The number of pyridine rings is 1. The Bertz CT molecular complexity index is 1360. The second kappa shape index (κ2) is 11.5. The van der Waals surface area contributed by atoms with Gasteiger partial charge in [-0.05, 0) is 68.1 Å². The Kier molecular flexibility index (Phi) is 8.56. The van der Waals surface area contributed by atoms with E-state index in [1.807, 2.05) is 0 Å². The van der Waals surface area contributed by atoms with E-state index in [-0.39, 0.29) is 49.2 Å². The summed E-state index contributed by atoms with van der Waals surface area (Å²) >= 11 is 7.10. The molecule has 1 heterocycles. The molecule has 0 unspecified atom stereocenters. The number of hydrogen-bond acceptors (Lipinski definition) is 5. The van der Waals surface area contributed by atoms with Crippen LogP contribution < -0.4 is 5.56 Å². The fourth-order valence-electron chi connectivity index (χ4n) is 4.35. The number of hydrogen-bond donors (Lipinski definition) is 2. The molecular formula is C27H28ClF3N2O3S. The topological polar surface area (TPSA) is 73.4 Å². The van der Waals surface area contributed by atoms with Gasteiger partial charge in [-0.25, -0.2) is 0 Å². The summed E-state index contributed by atoms with van der Waals surface area (Å²) in [6.07, 6.45) is -0.838. The number of carbonyl (C=O) groups excluding carboxylic acids is 1. The van der Waals surface area contributed by atoms with Gasteiger partial charge in [0.25, 0.3) is 5.56 Å². The third kappa shape index (κ3) is 6.89. The third-order valence-electron chi connectivity index (χ3n) is 6.36. The van der Waals surface area contributed by atoms with Crippen LogP contribution >= 0.6 is 23.4 Å². The molecule has 1 aliphatic carbocycles. The van der Waals surface area contributed by atoms with E-state index < -0.39 is 17.3 Å². The molecule has 37 heavy (non-hydrogen) atoms. The number of phenols is 1. The number of aromatic amines is 1. The number of halogens is 4. The van der Waals surface area contributed by atoms with Gasteiger partial charge in [0.1, 0.15) is 11.5 Å². The van der Waals surface area contributed by atoms with Crippen molar-refractivity contribution < 1.29 is 23.1 Å². The second-order valence-corrected chi connectivity index (χ2v) is 10.8. The van der Waals surface area contributed by atoms with Crippen LogP contribution in [0.5, 0.6) is 5.75 Å². The fourth-order valence-corrected chi connectivity index (χ4v) is 5.52. The maximum Gasteiger partial charge on any atom is 0.416 e. The highest BCUT2D eigenvalue weighted by Crippen LogP contribution is 2.42. The van der Waals surface area contributed by atoms with Crippen molar-refractivity contribution in [3.05, 3.63) is 57.3 Å². The number of aromatic nitrogens is 1. The summed E-state index contributed by atoms with van der Waals surface area (Å²) in [6.45, 7) is 4.63. The Morgan fingerprint density at radius 2 is 1.95 bits per heavy atom. The SMILES string of the molecule is CCCN(CCC(=O)CSc1c(-c2cc(Cl)ccc2O)c2cc(C(F)(F)F)ccc2[nH]c1=O)CC1CC1. The number of nitrogens with one attached hydrogen (secondary N) is 1. The lowest BCUT2D eigenvalue weighted by Crippen LogP contribution is -2.29. The summed E-state index contributed by atoms with van der Waals surface area (Å²) in [7, 11) is 0. The van der Waals surface area contributed by atoms with Crippen molar-refractivity contribution in [1.82, 2.24) is 9.88 Å². The number of alkyl halides is 3. The van der Waals surface area contributed by atoms with Gasteiger partial charge in [-0.2, -0.15) is 13.2 Å². The number of ketones is 1. The average Bonchev–Trinajstić information content (AvgIpc) is 3.66. The Labute approximate surface area is 222 Å². The Morgan fingerprint density at radius 3 is 2.62 bits per heavy atom. The van der Waals surface area contributed by atoms with Crippen LogP contribution in [0.3, 0.4) is 0 Å². The van der Waals surface area contributed by atoms with Crippen molar-refractivity contribution in [3.8, 4) is 16.9 Å². The minimum Gasteiger partial charge on any atom is -0.507 e. The van der Waals surface area contributed by atoms with Gasteiger partial charge in [-0.1, -0.05) is 18.5 Å². The molecule has 198 valence electrons.